The average Bonchev–Trinajstić information content (AvgIpc) is 3.18. The van der Waals surface area contributed by atoms with Crippen LogP contribution in [0.4, 0.5) is 0 Å². The van der Waals surface area contributed by atoms with Crippen LogP contribution >= 0.6 is 11.6 Å². The van der Waals surface area contributed by atoms with E-state index in [4.69, 9.17) is 25.8 Å². The maximum absolute atomic E-state index is 13.0. The lowest BCUT2D eigenvalue weighted by molar-refractivity contribution is -0.753. The molecular weight excluding hydrogens is 454 g/mol. The molecule has 0 unspecified atom stereocenters. The smallest absolute Gasteiger partial charge is 0.345 e. The third kappa shape index (κ3) is 4.92. The molecule has 34 heavy (non-hydrogen) atoms. The molecular formula is C27H25ClNO5+. The first-order valence-electron chi connectivity index (χ1n) is 10.9. The first kappa shape index (κ1) is 23.4. The maximum Gasteiger partial charge on any atom is 0.345 e. The van der Waals surface area contributed by atoms with Crippen molar-refractivity contribution in [3.05, 3.63) is 100 Å². The molecule has 0 bridgehead atoms. The van der Waals surface area contributed by atoms with Gasteiger partial charge in [0.2, 0.25) is 0 Å². The van der Waals surface area contributed by atoms with Crippen molar-refractivity contribution in [2.24, 2.45) is 0 Å². The van der Waals surface area contributed by atoms with E-state index < -0.39 is 5.97 Å². The quantitative estimate of drug-likeness (QED) is 0.162. The second-order valence-corrected chi connectivity index (χ2v) is 8.00. The minimum Gasteiger partial charge on any atom is -0.490 e. The highest BCUT2D eigenvalue weighted by molar-refractivity contribution is 6.35. The third-order valence-corrected chi connectivity index (χ3v) is 5.55. The normalized spacial score (nSPS) is 14.0. The number of fused-ring (bicyclic) bond motifs is 1. The molecule has 3 aromatic rings. The minimum atomic E-state index is -0.493. The monoisotopic (exact) mass is 478 g/mol. The van der Waals surface area contributed by atoms with E-state index in [-0.39, 0.29) is 6.61 Å². The molecule has 4 rings (SSSR count). The van der Waals surface area contributed by atoms with Gasteiger partial charge in [0.15, 0.2) is 7.05 Å². The van der Waals surface area contributed by atoms with Gasteiger partial charge in [0.25, 0.3) is 5.71 Å². The van der Waals surface area contributed by atoms with Gasteiger partial charge in [-0.2, -0.15) is 0 Å². The second kappa shape index (κ2) is 10.4. The molecule has 1 N–H and O–H groups in total. The van der Waals surface area contributed by atoms with Crippen molar-refractivity contribution >= 4 is 28.9 Å². The molecule has 0 heterocycles. The SMILES string of the molecule is CCOC(=O)C1=C(c2ccccc2)c2ccc(OCCOc3ccc(Cl)cc3)cc2/C1=[N+](/C)O. The van der Waals surface area contributed by atoms with Crippen LogP contribution in [0.15, 0.2) is 78.4 Å². The molecule has 0 saturated heterocycles. The van der Waals surface area contributed by atoms with E-state index in [1.165, 1.54) is 7.05 Å². The summed E-state index contributed by atoms with van der Waals surface area (Å²) in [6, 6.07) is 22.2. The van der Waals surface area contributed by atoms with Crippen molar-refractivity contribution in [2.75, 3.05) is 26.9 Å². The summed E-state index contributed by atoms with van der Waals surface area (Å²) in [4.78, 5) is 13.0. The Labute approximate surface area is 203 Å². The Morgan fingerprint density at radius 1 is 0.912 bits per heavy atom. The van der Waals surface area contributed by atoms with Crippen molar-refractivity contribution in [1.82, 2.24) is 0 Å². The molecule has 3 aromatic carbocycles. The van der Waals surface area contributed by atoms with Gasteiger partial charge in [0.05, 0.1) is 12.2 Å². The molecule has 1 aliphatic carbocycles. The van der Waals surface area contributed by atoms with Crippen LogP contribution in [-0.4, -0.2) is 48.5 Å². The van der Waals surface area contributed by atoms with Crippen LogP contribution in [0.5, 0.6) is 11.5 Å². The first-order valence-corrected chi connectivity index (χ1v) is 11.3. The Bertz CT molecular complexity index is 1250. The number of carbonyl (C=O) groups excluding carboxylic acids is 1. The number of nitrogens with zero attached hydrogens (tertiary/aromatic N) is 1. The predicted octanol–water partition coefficient (Wildman–Crippen LogP) is 5.00. The van der Waals surface area contributed by atoms with E-state index in [1.807, 2.05) is 48.5 Å². The summed E-state index contributed by atoms with van der Waals surface area (Å²) < 4.78 is 17.9. The van der Waals surface area contributed by atoms with Crippen molar-refractivity contribution in [3.8, 4) is 11.5 Å². The lowest BCUT2D eigenvalue weighted by Gasteiger charge is -2.10. The summed E-state index contributed by atoms with van der Waals surface area (Å²) in [7, 11) is 1.49. The van der Waals surface area contributed by atoms with Crippen LogP contribution in [0, 0.1) is 0 Å². The zero-order chi connectivity index (χ0) is 24.1. The lowest BCUT2D eigenvalue weighted by atomic mass is 9.97. The van der Waals surface area contributed by atoms with Crippen molar-refractivity contribution < 1.29 is 29.0 Å². The van der Waals surface area contributed by atoms with Crippen LogP contribution in [0.1, 0.15) is 23.6 Å². The number of hydrogen-bond acceptors (Lipinski definition) is 5. The fraction of sp³-hybridized carbons (Fsp3) is 0.185. The molecule has 0 atom stereocenters. The van der Waals surface area contributed by atoms with Gasteiger partial charge in [-0.1, -0.05) is 41.9 Å². The van der Waals surface area contributed by atoms with Gasteiger partial charge >= 0.3 is 5.97 Å². The highest BCUT2D eigenvalue weighted by Crippen LogP contribution is 2.39. The number of halogens is 1. The van der Waals surface area contributed by atoms with Crippen molar-refractivity contribution in [3.63, 3.8) is 0 Å². The number of benzene rings is 3. The molecule has 0 aromatic heterocycles. The highest BCUT2D eigenvalue weighted by atomic mass is 35.5. The predicted molar refractivity (Wildman–Crippen MR) is 130 cm³/mol. The van der Waals surface area contributed by atoms with Gasteiger partial charge in [-0.3, -0.25) is 5.21 Å². The Hall–Kier alpha value is -3.77. The van der Waals surface area contributed by atoms with Gasteiger partial charge < -0.3 is 14.2 Å². The Kier molecular flexibility index (Phi) is 7.18. The molecule has 0 amide bonds. The first-order chi connectivity index (χ1) is 16.5. The number of esters is 1. The van der Waals surface area contributed by atoms with E-state index in [2.05, 4.69) is 0 Å². The molecule has 174 valence electrons. The Balaban J connectivity index is 1.61. The van der Waals surface area contributed by atoms with Crippen LogP contribution in [0.2, 0.25) is 5.02 Å². The second-order valence-electron chi connectivity index (χ2n) is 7.57. The van der Waals surface area contributed by atoms with Crippen LogP contribution in [0.25, 0.3) is 5.57 Å². The summed E-state index contributed by atoms with van der Waals surface area (Å²) in [5.41, 5.74) is 3.75. The topological polar surface area (TPSA) is 68.0 Å². The van der Waals surface area contributed by atoms with Crippen molar-refractivity contribution in [1.29, 1.82) is 0 Å². The van der Waals surface area contributed by atoms with E-state index in [1.54, 1.807) is 31.2 Å². The van der Waals surface area contributed by atoms with Gasteiger partial charge in [-0.25, -0.2) is 4.79 Å². The van der Waals surface area contributed by atoms with E-state index in [0.29, 0.717) is 52.2 Å². The van der Waals surface area contributed by atoms with Crippen LogP contribution in [-0.2, 0) is 9.53 Å². The highest BCUT2D eigenvalue weighted by Gasteiger charge is 2.40. The molecule has 0 radical (unpaired) electrons. The largest absolute Gasteiger partial charge is 0.490 e. The molecule has 6 nitrogen and oxygen atoms in total. The molecule has 0 fully saturated rings. The third-order valence-electron chi connectivity index (χ3n) is 5.30. The van der Waals surface area contributed by atoms with E-state index in [9.17, 15) is 10.0 Å². The fourth-order valence-corrected chi connectivity index (χ4v) is 4.03. The number of hydrogen-bond donors (Lipinski definition) is 1. The summed E-state index contributed by atoms with van der Waals surface area (Å²) >= 11 is 5.89. The number of carbonyl (C=O) groups is 1. The molecule has 0 aliphatic heterocycles. The van der Waals surface area contributed by atoms with Gasteiger partial charge in [0, 0.05) is 10.6 Å². The van der Waals surface area contributed by atoms with Crippen LogP contribution < -0.4 is 9.47 Å². The van der Waals surface area contributed by atoms with Crippen LogP contribution in [0.3, 0.4) is 0 Å². The zero-order valence-electron chi connectivity index (χ0n) is 19.0. The Morgan fingerprint density at radius 2 is 1.56 bits per heavy atom. The fourth-order valence-electron chi connectivity index (χ4n) is 3.91. The minimum absolute atomic E-state index is 0.227. The summed E-state index contributed by atoms with van der Waals surface area (Å²) in [6.45, 7) is 2.64. The number of rotatable bonds is 8. The Morgan fingerprint density at radius 3 is 2.21 bits per heavy atom. The number of hydroxylamine groups is 1. The van der Waals surface area contributed by atoms with Gasteiger partial charge in [-0.05, 0) is 65.3 Å². The molecule has 7 heteroatoms. The lowest BCUT2D eigenvalue weighted by Crippen LogP contribution is -2.22. The van der Waals surface area contributed by atoms with Gasteiger partial charge in [0.1, 0.15) is 30.3 Å². The molecule has 0 saturated carbocycles. The average molecular weight is 479 g/mol. The summed E-state index contributed by atoms with van der Waals surface area (Å²) in [5.74, 6) is 0.804. The van der Waals surface area contributed by atoms with Gasteiger partial charge in [-0.15, -0.1) is 0 Å². The zero-order valence-corrected chi connectivity index (χ0v) is 19.7. The molecule has 0 spiro atoms. The summed E-state index contributed by atoms with van der Waals surface area (Å²) in [6.07, 6.45) is 0. The van der Waals surface area contributed by atoms with E-state index in [0.717, 1.165) is 15.9 Å². The number of ether oxygens (including phenoxy) is 3. The standard InChI is InChI=1S/C27H25ClNO5/c1-3-32-27(30)25-24(18-7-5-4-6-8-18)22-14-13-21(17-23(22)26(25)29(2)31)34-16-15-33-20-11-9-19(28)10-12-20/h4-14,17,31H,3,15-16H2,1-2H3/q+1/b29-26+. The maximum atomic E-state index is 13.0. The molecule has 1 aliphatic rings. The van der Waals surface area contributed by atoms with Crippen molar-refractivity contribution in [2.45, 2.75) is 6.92 Å². The van der Waals surface area contributed by atoms with E-state index >= 15 is 0 Å². The summed E-state index contributed by atoms with van der Waals surface area (Å²) in [5, 5.41) is 11.1.